The van der Waals surface area contributed by atoms with Gasteiger partial charge in [-0.25, -0.2) is 0 Å². The lowest BCUT2D eigenvalue weighted by atomic mass is 10.1. The second-order valence-electron chi connectivity index (χ2n) is 6.29. The number of nitrogens with one attached hydrogen (secondary N) is 1. The quantitative estimate of drug-likeness (QED) is 0.799. The van der Waals surface area contributed by atoms with Crippen molar-refractivity contribution in [2.45, 2.75) is 18.4 Å². The van der Waals surface area contributed by atoms with E-state index < -0.39 is 0 Å². The van der Waals surface area contributed by atoms with Crippen LogP contribution in [0.4, 0.5) is 0 Å². The molecule has 0 aliphatic heterocycles. The first-order chi connectivity index (χ1) is 12.2. The Balaban J connectivity index is 1.51. The molecule has 0 radical (unpaired) electrons. The minimum absolute atomic E-state index is 0.145. The smallest absolute Gasteiger partial charge is 0.255 e. The van der Waals surface area contributed by atoms with Crippen LogP contribution in [0, 0.1) is 0 Å². The van der Waals surface area contributed by atoms with Crippen LogP contribution in [-0.2, 0) is 0 Å². The minimum atomic E-state index is -0.156. The molecule has 1 amide bonds. The summed E-state index contributed by atoms with van der Waals surface area (Å²) in [6.45, 7) is 0. The number of aromatic nitrogens is 1. The highest BCUT2D eigenvalue weighted by Gasteiger charge is 2.39. The predicted octanol–water partition coefficient (Wildman–Crippen LogP) is 3.12. The average molecular weight is 330 g/mol. The second kappa shape index (κ2) is 6.40. The Kier molecular flexibility index (Phi) is 3.94. The first-order valence-corrected chi connectivity index (χ1v) is 8.36. The second-order valence-corrected chi connectivity index (χ2v) is 6.29. The SMILES string of the molecule is O=C(N[C@@H]1C[C@H]1c1ccccc1)c1ccc(=O)n(-c2ccccc2)c1. The largest absolute Gasteiger partial charge is 0.349 e. The summed E-state index contributed by atoms with van der Waals surface area (Å²) in [5.74, 6) is 0.235. The number of carbonyl (C=O) groups is 1. The zero-order valence-electron chi connectivity index (χ0n) is 13.6. The van der Waals surface area contributed by atoms with Gasteiger partial charge < -0.3 is 5.32 Å². The van der Waals surface area contributed by atoms with Crippen LogP contribution < -0.4 is 10.9 Å². The van der Waals surface area contributed by atoms with Crippen LogP contribution in [-0.4, -0.2) is 16.5 Å². The number of carbonyl (C=O) groups excluding carboxylic acids is 1. The first-order valence-electron chi connectivity index (χ1n) is 8.36. The molecule has 4 nitrogen and oxygen atoms in total. The monoisotopic (exact) mass is 330 g/mol. The molecule has 1 aliphatic rings. The van der Waals surface area contributed by atoms with E-state index in [-0.39, 0.29) is 17.5 Å². The van der Waals surface area contributed by atoms with Crippen LogP contribution in [0.5, 0.6) is 0 Å². The molecule has 0 unspecified atom stereocenters. The van der Waals surface area contributed by atoms with Crippen molar-refractivity contribution in [2.24, 2.45) is 0 Å². The van der Waals surface area contributed by atoms with Crippen LogP contribution in [0.2, 0.25) is 0 Å². The number of nitrogens with zero attached hydrogens (tertiary/aromatic N) is 1. The van der Waals surface area contributed by atoms with Gasteiger partial charge in [-0.1, -0.05) is 48.5 Å². The number of rotatable bonds is 4. The highest BCUT2D eigenvalue weighted by atomic mass is 16.2. The third-order valence-corrected chi connectivity index (χ3v) is 4.54. The van der Waals surface area contributed by atoms with Gasteiger partial charge in [0, 0.05) is 29.9 Å². The van der Waals surface area contributed by atoms with E-state index in [2.05, 4.69) is 17.4 Å². The van der Waals surface area contributed by atoms with Gasteiger partial charge in [0.15, 0.2) is 0 Å². The van der Waals surface area contributed by atoms with Gasteiger partial charge in [0.2, 0.25) is 0 Å². The Morgan fingerprint density at radius 1 is 0.920 bits per heavy atom. The Morgan fingerprint density at radius 2 is 1.60 bits per heavy atom. The summed E-state index contributed by atoms with van der Waals surface area (Å²) in [6, 6.07) is 22.7. The number of pyridine rings is 1. The molecule has 25 heavy (non-hydrogen) atoms. The molecule has 1 heterocycles. The van der Waals surface area contributed by atoms with E-state index in [1.165, 1.54) is 16.2 Å². The molecule has 3 aromatic rings. The average Bonchev–Trinajstić information content (AvgIpc) is 3.42. The van der Waals surface area contributed by atoms with Gasteiger partial charge in [-0.15, -0.1) is 0 Å². The molecule has 2 atom stereocenters. The van der Waals surface area contributed by atoms with E-state index in [1.807, 2.05) is 48.5 Å². The molecule has 2 aromatic carbocycles. The Morgan fingerprint density at radius 3 is 2.32 bits per heavy atom. The topological polar surface area (TPSA) is 51.1 Å². The first kappa shape index (κ1) is 15.4. The summed E-state index contributed by atoms with van der Waals surface area (Å²) in [5, 5.41) is 3.06. The third kappa shape index (κ3) is 3.24. The van der Waals surface area contributed by atoms with Crippen molar-refractivity contribution < 1.29 is 4.79 Å². The predicted molar refractivity (Wildman–Crippen MR) is 97.1 cm³/mol. The van der Waals surface area contributed by atoms with Crippen molar-refractivity contribution in [3.63, 3.8) is 0 Å². The number of hydrogen-bond acceptors (Lipinski definition) is 2. The molecule has 1 N–H and O–H groups in total. The lowest BCUT2D eigenvalue weighted by Gasteiger charge is -2.09. The van der Waals surface area contributed by atoms with E-state index in [9.17, 15) is 9.59 Å². The molecule has 1 aliphatic carbocycles. The van der Waals surface area contributed by atoms with E-state index in [1.54, 1.807) is 12.3 Å². The zero-order chi connectivity index (χ0) is 17.2. The number of amides is 1. The van der Waals surface area contributed by atoms with Crippen molar-refractivity contribution >= 4 is 5.91 Å². The normalized spacial score (nSPS) is 18.6. The number of benzene rings is 2. The van der Waals surface area contributed by atoms with Gasteiger partial charge in [0.1, 0.15) is 0 Å². The third-order valence-electron chi connectivity index (χ3n) is 4.54. The lowest BCUT2D eigenvalue weighted by molar-refractivity contribution is 0.0949. The van der Waals surface area contributed by atoms with E-state index in [4.69, 9.17) is 0 Å². The summed E-state index contributed by atoms with van der Waals surface area (Å²) in [4.78, 5) is 24.6. The highest BCUT2D eigenvalue weighted by molar-refractivity contribution is 5.94. The number of hydrogen-bond donors (Lipinski definition) is 1. The van der Waals surface area contributed by atoms with Crippen LogP contribution in [0.1, 0.15) is 28.3 Å². The molecule has 4 heteroatoms. The van der Waals surface area contributed by atoms with E-state index in [0.717, 1.165) is 12.1 Å². The molecule has 4 rings (SSSR count). The van der Waals surface area contributed by atoms with Crippen molar-refractivity contribution in [2.75, 3.05) is 0 Å². The van der Waals surface area contributed by atoms with Crippen molar-refractivity contribution in [1.82, 2.24) is 9.88 Å². The van der Waals surface area contributed by atoms with Crippen LogP contribution in [0.25, 0.3) is 5.69 Å². The van der Waals surface area contributed by atoms with Gasteiger partial charge in [-0.05, 0) is 30.2 Å². The van der Waals surface area contributed by atoms with Crippen LogP contribution >= 0.6 is 0 Å². The number of para-hydroxylation sites is 1. The standard InChI is InChI=1S/C21H18N2O2/c24-20-12-11-16(14-23(20)17-9-5-2-6-10-17)21(25)22-19-13-18(19)15-7-3-1-4-8-15/h1-12,14,18-19H,13H2,(H,22,25)/t18-,19+/m0/s1. The molecule has 1 aromatic heterocycles. The van der Waals surface area contributed by atoms with E-state index >= 15 is 0 Å². The van der Waals surface area contributed by atoms with Gasteiger partial charge in [0.25, 0.3) is 11.5 Å². The Labute approximate surface area is 145 Å². The maximum Gasteiger partial charge on any atom is 0.255 e. The summed E-state index contributed by atoms with van der Waals surface area (Å²) >= 11 is 0. The van der Waals surface area contributed by atoms with Gasteiger partial charge in [-0.2, -0.15) is 0 Å². The van der Waals surface area contributed by atoms with Crippen molar-refractivity contribution in [1.29, 1.82) is 0 Å². The summed E-state index contributed by atoms with van der Waals surface area (Å²) in [5.41, 5.74) is 2.33. The van der Waals surface area contributed by atoms with Crippen LogP contribution in [0.3, 0.4) is 0 Å². The summed E-state index contributed by atoms with van der Waals surface area (Å²) in [6.07, 6.45) is 2.56. The molecule has 1 saturated carbocycles. The molecule has 0 saturated heterocycles. The zero-order valence-corrected chi connectivity index (χ0v) is 13.6. The van der Waals surface area contributed by atoms with Crippen molar-refractivity contribution in [3.8, 4) is 5.69 Å². The fraction of sp³-hybridized carbons (Fsp3) is 0.143. The fourth-order valence-electron chi connectivity index (χ4n) is 3.09. The summed E-state index contributed by atoms with van der Waals surface area (Å²) in [7, 11) is 0. The molecule has 1 fully saturated rings. The van der Waals surface area contributed by atoms with Gasteiger partial charge in [-0.3, -0.25) is 14.2 Å². The molecule has 124 valence electrons. The Hall–Kier alpha value is -3.14. The van der Waals surface area contributed by atoms with Crippen molar-refractivity contribution in [3.05, 3.63) is 100 Å². The minimum Gasteiger partial charge on any atom is -0.349 e. The summed E-state index contributed by atoms with van der Waals surface area (Å²) < 4.78 is 1.50. The highest BCUT2D eigenvalue weighted by Crippen LogP contribution is 2.40. The molecule has 0 bridgehead atoms. The molecule has 0 spiro atoms. The van der Waals surface area contributed by atoms with Gasteiger partial charge in [0.05, 0.1) is 5.56 Å². The molecular weight excluding hydrogens is 312 g/mol. The van der Waals surface area contributed by atoms with Crippen LogP contribution in [0.15, 0.2) is 83.8 Å². The van der Waals surface area contributed by atoms with Gasteiger partial charge >= 0.3 is 0 Å². The molecular formula is C21H18N2O2. The fourth-order valence-corrected chi connectivity index (χ4v) is 3.09. The lowest BCUT2D eigenvalue weighted by Crippen LogP contribution is -2.28. The maximum atomic E-state index is 12.5. The van der Waals surface area contributed by atoms with E-state index in [0.29, 0.717) is 11.5 Å². The Bertz CT molecular complexity index is 948. The maximum absolute atomic E-state index is 12.5.